The van der Waals surface area contributed by atoms with Gasteiger partial charge in [-0.1, -0.05) is 57.1 Å². The summed E-state index contributed by atoms with van der Waals surface area (Å²) in [6, 6.07) is 10.8. The molecule has 0 radical (unpaired) electrons. The summed E-state index contributed by atoms with van der Waals surface area (Å²) >= 11 is 1.80. The molecular weight excluding hydrogens is 350 g/mol. The predicted octanol–water partition coefficient (Wildman–Crippen LogP) is 6.98. The van der Waals surface area contributed by atoms with Crippen molar-refractivity contribution in [1.29, 1.82) is 0 Å². The molecule has 1 heterocycles. The Kier molecular flexibility index (Phi) is 9.78. The number of hydrogen-bond acceptors (Lipinski definition) is 3. The SMILES string of the molecule is CCCCN(CCCC)c1ccc(/C=C/C=C/Cc2cccs2)c(OC)c1. The van der Waals surface area contributed by atoms with E-state index in [9.17, 15) is 0 Å². The highest BCUT2D eigenvalue weighted by atomic mass is 32.1. The Balaban J connectivity index is 2.04. The summed E-state index contributed by atoms with van der Waals surface area (Å²) in [6.45, 7) is 6.72. The largest absolute Gasteiger partial charge is 0.496 e. The fourth-order valence-corrected chi connectivity index (χ4v) is 3.63. The van der Waals surface area contributed by atoms with Crippen LogP contribution in [0.25, 0.3) is 6.08 Å². The van der Waals surface area contributed by atoms with E-state index in [1.807, 2.05) is 0 Å². The molecule has 2 aromatic rings. The average molecular weight is 384 g/mol. The molecule has 0 amide bonds. The van der Waals surface area contributed by atoms with Crippen molar-refractivity contribution in [2.24, 2.45) is 0 Å². The molecular formula is C24H33NOS. The summed E-state index contributed by atoms with van der Waals surface area (Å²) in [5, 5.41) is 2.12. The van der Waals surface area contributed by atoms with Gasteiger partial charge in [0.1, 0.15) is 5.75 Å². The quantitative estimate of drug-likeness (QED) is 0.367. The van der Waals surface area contributed by atoms with Gasteiger partial charge in [-0.15, -0.1) is 11.3 Å². The van der Waals surface area contributed by atoms with Crippen LogP contribution >= 0.6 is 11.3 Å². The minimum Gasteiger partial charge on any atom is -0.496 e. The minimum absolute atomic E-state index is 0.938. The van der Waals surface area contributed by atoms with Crippen LogP contribution in [0.1, 0.15) is 50.0 Å². The smallest absolute Gasteiger partial charge is 0.128 e. The molecule has 0 saturated heterocycles. The van der Waals surface area contributed by atoms with Crippen LogP contribution < -0.4 is 9.64 Å². The molecule has 0 aliphatic carbocycles. The number of rotatable bonds is 12. The van der Waals surface area contributed by atoms with Crippen LogP contribution in [-0.4, -0.2) is 20.2 Å². The first kappa shape index (κ1) is 21.3. The van der Waals surface area contributed by atoms with E-state index in [1.165, 1.54) is 36.2 Å². The zero-order valence-corrected chi connectivity index (χ0v) is 17.8. The molecule has 3 heteroatoms. The summed E-state index contributed by atoms with van der Waals surface area (Å²) in [5.74, 6) is 0.938. The van der Waals surface area contributed by atoms with Crippen molar-refractivity contribution in [1.82, 2.24) is 0 Å². The van der Waals surface area contributed by atoms with Crippen LogP contribution in [0.2, 0.25) is 0 Å². The molecule has 1 aromatic carbocycles. The van der Waals surface area contributed by atoms with Gasteiger partial charge in [-0.3, -0.25) is 0 Å². The van der Waals surface area contributed by atoms with Gasteiger partial charge in [0.25, 0.3) is 0 Å². The second-order valence-corrected chi connectivity index (χ2v) is 7.72. The van der Waals surface area contributed by atoms with E-state index in [4.69, 9.17) is 4.74 Å². The topological polar surface area (TPSA) is 12.5 Å². The van der Waals surface area contributed by atoms with Gasteiger partial charge in [-0.2, -0.15) is 0 Å². The predicted molar refractivity (Wildman–Crippen MR) is 121 cm³/mol. The van der Waals surface area contributed by atoms with Crippen LogP contribution in [-0.2, 0) is 6.42 Å². The van der Waals surface area contributed by atoms with E-state index in [1.54, 1.807) is 18.4 Å². The highest BCUT2D eigenvalue weighted by Crippen LogP contribution is 2.27. The first-order chi connectivity index (χ1) is 13.3. The third kappa shape index (κ3) is 7.26. The highest BCUT2D eigenvalue weighted by molar-refractivity contribution is 7.09. The Bertz CT molecular complexity index is 695. The maximum Gasteiger partial charge on any atom is 0.128 e. The van der Waals surface area contributed by atoms with Crippen molar-refractivity contribution < 1.29 is 4.74 Å². The van der Waals surface area contributed by atoms with Gasteiger partial charge >= 0.3 is 0 Å². The molecule has 27 heavy (non-hydrogen) atoms. The maximum absolute atomic E-state index is 5.66. The van der Waals surface area contributed by atoms with Gasteiger partial charge in [0, 0.05) is 41.7 Å². The fraction of sp³-hybridized carbons (Fsp3) is 0.417. The molecule has 0 bridgehead atoms. The van der Waals surface area contributed by atoms with Gasteiger partial charge in [0.2, 0.25) is 0 Å². The summed E-state index contributed by atoms with van der Waals surface area (Å²) < 4.78 is 5.66. The number of thiophene rings is 1. The number of allylic oxidation sites excluding steroid dienone is 3. The lowest BCUT2D eigenvalue weighted by molar-refractivity contribution is 0.414. The van der Waals surface area contributed by atoms with E-state index >= 15 is 0 Å². The van der Waals surface area contributed by atoms with Crippen LogP contribution in [0, 0.1) is 0 Å². The normalized spacial score (nSPS) is 11.5. The molecule has 1 aromatic heterocycles. The molecule has 0 spiro atoms. The van der Waals surface area contributed by atoms with Crippen molar-refractivity contribution in [3.05, 3.63) is 64.4 Å². The number of nitrogens with zero attached hydrogens (tertiary/aromatic N) is 1. The molecule has 0 fully saturated rings. The Morgan fingerprint density at radius 2 is 1.81 bits per heavy atom. The van der Waals surface area contributed by atoms with E-state index in [0.29, 0.717) is 0 Å². The first-order valence-electron chi connectivity index (χ1n) is 10.1. The van der Waals surface area contributed by atoms with Gasteiger partial charge in [0.15, 0.2) is 0 Å². The van der Waals surface area contributed by atoms with Gasteiger partial charge in [-0.05, 0) is 36.4 Å². The third-order valence-electron chi connectivity index (χ3n) is 4.57. The molecule has 0 atom stereocenters. The Labute approximate surface area is 169 Å². The lowest BCUT2D eigenvalue weighted by Crippen LogP contribution is -2.25. The number of hydrogen-bond donors (Lipinski definition) is 0. The van der Waals surface area contributed by atoms with Gasteiger partial charge < -0.3 is 9.64 Å². The van der Waals surface area contributed by atoms with Crippen molar-refractivity contribution in [3.8, 4) is 5.75 Å². The molecule has 0 unspecified atom stereocenters. The Morgan fingerprint density at radius 1 is 1.04 bits per heavy atom. The van der Waals surface area contributed by atoms with Crippen molar-refractivity contribution in [2.45, 2.75) is 46.0 Å². The Hall–Kier alpha value is -2.00. The second-order valence-electron chi connectivity index (χ2n) is 6.69. The fourth-order valence-electron chi connectivity index (χ4n) is 2.95. The second kappa shape index (κ2) is 12.4. The van der Waals surface area contributed by atoms with Crippen LogP contribution in [0.15, 0.2) is 53.9 Å². The summed E-state index contributed by atoms with van der Waals surface area (Å²) in [6.07, 6.45) is 14.4. The molecule has 2 rings (SSSR count). The number of benzene rings is 1. The first-order valence-corrected chi connectivity index (χ1v) is 10.9. The van der Waals surface area contributed by atoms with Crippen LogP contribution in [0.3, 0.4) is 0 Å². The number of ether oxygens (including phenoxy) is 1. The average Bonchev–Trinajstić information content (AvgIpc) is 3.21. The number of unbranched alkanes of at least 4 members (excludes halogenated alkanes) is 2. The summed E-state index contributed by atoms with van der Waals surface area (Å²) in [4.78, 5) is 3.88. The van der Waals surface area contributed by atoms with Gasteiger partial charge in [-0.25, -0.2) is 0 Å². The third-order valence-corrected chi connectivity index (χ3v) is 5.47. The summed E-state index contributed by atoms with van der Waals surface area (Å²) in [7, 11) is 1.76. The maximum atomic E-state index is 5.66. The van der Waals surface area contributed by atoms with Crippen LogP contribution in [0.5, 0.6) is 5.75 Å². The molecule has 146 valence electrons. The molecule has 0 aliphatic heterocycles. The zero-order valence-electron chi connectivity index (χ0n) is 17.0. The Morgan fingerprint density at radius 3 is 2.44 bits per heavy atom. The van der Waals surface area contributed by atoms with Crippen molar-refractivity contribution in [2.75, 3.05) is 25.1 Å². The monoisotopic (exact) mass is 383 g/mol. The molecule has 0 saturated carbocycles. The molecule has 2 nitrogen and oxygen atoms in total. The number of methoxy groups -OCH3 is 1. The summed E-state index contributed by atoms with van der Waals surface area (Å²) in [5.41, 5.74) is 2.38. The number of anilines is 1. The lowest BCUT2D eigenvalue weighted by atomic mass is 10.1. The van der Waals surface area contributed by atoms with E-state index in [0.717, 1.165) is 30.8 Å². The zero-order chi connectivity index (χ0) is 19.3. The van der Waals surface area contributed by atoms with Crippen molar-refractivity contribution in [3.63, 3.8) is 0 Å². The molecule has 0 N–H and O–H groups in total. The standard InChI is InChI=1S/C24H33NOS/c1-4-6-17-25(18-7-5-2)22-16-15-21(24(20-22)26-3)12-9-8-10-13-23-14-11-19-27-23/h8-12,14-16,19-20H,4-7,13,17-18H2,1-3H3/b10-8+,12-9+. The lowest BCUT2D eigenvalue weighted by Gasteiger charge is -2.25. The highest BCUT2D eigenvalue weighted by Gasteiger charge is 2.09. The van der Waals surface area contributed by atoms with E-state index < -0.39 is 0 Å². The van der Waals surface area contributed by atoms with Crippen molar-refractivity contribution >= 4 is 23.1 Å². The van der Waals surface area contributed by atoms with E-state index in [2.05, 4.69) is 78.8 Å². The van der Waals surface area contributed by atoms with Gasteiger partial charge in [0.05, 0.1) is 7.11 Å². The minimum atomic E-state index is 0.938. The van der Waals surface area contributed by atoms with Crippen LogP contribution in [0.4, 0.5) is 5.69 Å². The van der Waals surface area contributed by atoms with E-state index in [-0.39, 0.29) is 0 Å². The molecule has 0 aliphatic rings.